The Morgan fingerprint density at radius 1 is 0.947 bits per heavy atom. The second kappa shape index (κ2) is 15.0. The van der Waals surface area contributed by atoms with Gasteiger partial charge in [0.1, 0.15) is 24.4 Å². The van der Waals surface area contributed by atoms with Crippen LogP contribution in [0.15, 0.2) is 48.5 Å². The van der Waals surface area contributed by atoms with E-state index in [4.69, 9.17) is 4.74 Å². The molecule has 0 unspecified atom stereocenters. The molecule has 0 aromatic heterocycles. The second-order valence-corrected chi connectivity index (χ2v) is 10.9. The second-order valence-electron chi connectivity index (χ2n) is 9.66. The maximum Gasteiger partial charge on any atom is 0.244 e. The Morgan fingerprint density at radius 3 is 2.39 bits per heavy atom. The molecule has 0 fully saturated rings. The summed E-state index contributed by atoms with van der Waals surface area (Å²) in [5, 5.41) is 21.3. The molecule has 9 nitrogen and oxygen atoms in total. The van der Waals surface area contributed by atoms with E-state index >= 15 is 0 Å². The van der Waals surface area contributed by atoms with Crippen molar-refractivity contribution in [3.63, 3.8) is 0 Å². The van der Waals surface area contributed by atoms with Crippen LogP contribution >= 0.6 is 22.6 Å². The largest absolute Gasteiger partial charge is 0.492 e. The van der Waals surface area contributed by atoms with Crippen LogP contribution in [0.25, 0.3) is 0 Å². The number of halogens is 1. The van der Waals surface area contributed by atoms with Crippen LogP contribution in [-0.2, 0) is 27.2 Å². The predicted octanol–water partition coefficient (Wildman–Crippen LogP) is 1.55. The Bertz CT molecular complexity index is 1080. The van der Waals surface area contributed by atoms with Gasteiger partial charge in [0.2, 0.25) is 17.7 Å². The minimum atomic E-state index is -1.11. The Kier molecular flexibility index (Phi) is 11.8. The topological polar surface area (TPSA) is 129 Å². The first-order chi connectivity index (χ1) is 18.3. The Balaban J connectivity index is 1.84. The molecule has 0 bridgehead atoms. The molecule has 0 saturated heterocycles. The van der Waals surface area contributed by atoms with Crippen molar-refractivity contribution in [2.75, 3.05) is 26.3 Å². The number of nitrogens with one attached hydrogen (secondary N) is 4. The molecule has 1 heterocycles. The summed E-state index contributed by atoms with van der Waals surface area (Å²) < 4.78 is 7.13. The molecule has 3 rings (SSSR count). The van der Waals surface area contributed by atoms with Crippen LogP contribution in [0.1, 0.15) is 31.4 Å². The number of hydrogen-bond acceptors (Lipinski definition) is 6. The van der Waals surface area contributed by atoms with Crippen molar-refractivity contribution in [3.05, 3.63) is 63.2 Å². The lowest BCUT2D eigenvalue weighted by Crippen LogP contribution is -2.59. The average Bonchev–Trinajstić information content (AvgIpc) is 2.90. The van der Waals surface area contributed by atoms with Gasteiger partial charge in [-0.15, -0.1) is 0 Å². The molecule has 1 aliphatic heterocycles. The SMILES string of the molecule is CC(C)[C@H]1NC(=O)[C@@H](Cc2ccc(I)cc2)NCCOc2ccccc2CCCNC(=O)[C@H](CO)NC1=O. The number of aliphatic hydroxyl groups is 1. The fourth-order valence-corrected chi connectivity index (χ4v) is 4.58. The smallest absolute Gasteiger partial charge is 0.244 e. The molecule has 0 radical (unpaired) electrons. The highest BCUT2D eigenvalue weighted by Crippen LogP contribution is 2.19. The third-order valence-corrected chi connectivity index (χ3v) is 7.10. The van der Waals surface area contributed by atoms with Crippen molar-refractivity contribution in [1.82, 2.24) is 21.3 Å². The average molecular weight is 637 g/mol. The van der Waals surface area contributed by atoms with Gasteiger partial charge in [0.25, 0.3) is 0 Å². The highest BCUT2D eigenvalue weighted by Gasteiger charge is 2.30. The molecule has 10 heteroatoms. The zero-order chi connectivity index (χ0) is 27.5. The van der Waals surface area contributed by atoms with E-state index in [0.29, 0.717) is 39.0 Å². The molecule has 5 N–H and O–H groups in total. The number of fused-ring (bicyclic) bond motifs is 1. The summed E-state index contributed by atoms with van der Waals surface area (Å²) in [6.07, 6.45) is 1.78. The fourth-order valence-electron chi connectivity index (χ4n) is 4.22. The quantitative estimate of drug-likeness (QED) is 0.324. The number of carbonyl (C=O) groups excluding carboxylic acids is 3. The minimum absolute atomic E-state index is 0.245. The number of aliphatic hydroxyl groups excluding tert-OH is 1. The van der Waals surface area contributed by atoms with Gasteiger partial charge in [-0.25, -0.2) is 0 Å². The summed E-state index contributed by atoms with van der Waals surface area (Å²) in [5.41, 5.74) is 2.00. The summed E-state index contributed by atoms with van der Waals surface area (Å²) in [6.45, 7) is 4.25. The molecule has 3 amide bonds. The predicted molar refractivity (Wildman–Crippen MR) is 154 cm³/mol. The Labute approximate surface area is 237 Å². The van der Waals surface area contributed by atoms with Crippen LogP contribution in [0.2, 0.25) is 0 Å². The van der Waals surface area contributed by atoms with Gasteiger partial charge >= 0.3 is 0 Å². The number of amides is 3. The molecule has 0 saturated carbocycles. The van der Waals surface area contributed by atoms with E-state index in [-0.39, 0.29) is 11.8 Å². The first-order valence-corrected chi connectivity index (χ1v) is 14.0. The van der Waals surface area contributed by atoms with Crippen molar-refractivity contribution in [2.45, 2.75) is 51.2 Å². The number of benzene rings is 2. The van der Waals surface area contributed by atoms with Crippen LogP contribution in [0.4, 0.5) is 0 Å². The maximum atomic E-state index is 13.4. The monoisotopic (exact) mass is 636 g/mol. The van der Waals surface area contributed by atoms with Crippen molar-refractivity contribution in [2.24, 2.45) is 5.92 Å². The summed E-state index contributed by atoms with van der Waals surface area (Å²) >= 11 is 2.23. The molecular formula is C28H37IN4O5. The number of aryl methyl sites for hydroxylation is 1. The lowest BCUT2D eigenvalue weighted by Gasteiger charge is -2.27. The Morgan fingerprint density at radius 2 is 1.68 bits per heavy atom. The van der Waals surface area contributed by atoms with Gasteiger partial charge in [0.05, 0.1) is 12.6 Å². The third-order valence-electron chi connectivity index (χ3n) is 6.38. The number of hydrogen-bond donors (Lipinski definition) is 5. The van der Waals surface area contributed by atoms with E-state index in [1.54, 1.807) is 0 Å². The highest BCUT2D eigenvalue weighted by molar-refractivity contribution is 14.1. The van der Waals surface area contributed by atoms with Crippen molar-refractivity contribution in [3.8, 4) is 5.75 Å². The van der Waals surface area contributed by atoms with E-state index in [0.717, 1.165) is 20.4 Å². The van der Waals surface area contributed by atoms with Crippen LogP contribution in [0.3, 0.4) is 0 Å². The van der Waals surface area contributed by atoms with Crippen molar-refractivity contribution >= 4 is 40.3 Å². The molecule has 2 aromatic rings. The van der Waals surface area contributed by atoms with Crippen LogP contribution in [0, 0.1) is 9.49 Å². The molecule has 0 spiro atoms. The van der Waals surface area contributed by atoms with E-state index in [1.807, 2.05) is 62.4 Å². The maximum absolute atomic E-state index is 13.4. The molecule has 0 aliphatic carbocycles. The lowest BCUT2D eigenvalue weighted by molar-refractivity contribution is -0.134. The number of ether oxygens (including phenoxy) is 1. The van der Waals surface area contributed by atoms with Crippen molar-refractivity contribution < 1.29 is 24.2 Å². The fraction of sp³-hybridized carbons (Fsp3) is 0.464. The van der Waals surface area contributed by atoms with Crippen LogP contribution in [0.5, 0.6) is 5.75 Å². The van der Waals surface area contributed by atoms with Gasteiger partial charge in [0, 0.05) is 16.7 Å². The molecule has 206 valence electrons. The normalized spacial score (nSPS) is 22.2. The van der Waals surface area contributed by atoms with E-state index in [1.165, 1.54) is 0 Å². The third kappa shape index (κ3) is 8.95. The number of rotatable bonds is 4. The number of para-hydroxylation sites is 1. The highest BCUT2D eigenvalue weighted by atomic mass is 127. The van der Waals surface area contributed by atoms with Gasteiger partial charge in [-0.1, -0.05) is 44.2 Å². The van der Waals surface area contributed by atoms with Crippen molar-refractivity contribution in [1.29, 1.82) is 0 Å². The summed E-state index contributed by atoms with van der Waals surface area (Å²) in [5.74, 6) is -0.803. The molecule has 2 aromatic carbocycles. The Hall–Kier alpha value is -2.70. The molecular weight excluding hydrogens is 599 g/mol. The van der Waals surface area contributed by atoms with Crippen LogP contribution < -0.4 is 26.0 Å². The molecule has 1 aliphatic rings. The first kappa shape index (κ1) is 29.9. The van der Waals surface area contributed by atoms with Gasteiger partial charge in [0.15, 0.2) is 0 Å². The summed E-state index contributed by atoms with van der Waals surface area (Å²) in [6, 6.07) is 13.1. The number of carbonyl (C=O) groups is 3. The van der Waals surface area contributed by atoms with Gasteiger partial charge in [-0.05, 0) is 77.1 Å². The van der Waals surface area contributed by atoms with E-state index in [2.05, 4.69) is 43.9 Å². The zero-order valence-corrected chi connectivity index (χ0v) is 24.0. The van der Waals surface area contributed by atoms with E-state index < -0.39 is 36.5 Å². The van der Waals surface area contributed by atoms with Gasteiger partial charge in [-0.2, -0.15) is 0 Å². The first-order valence-electron chi connectivity index (χ1n) is 13.0. The summed E-state index contributed by atoms with van der Waals surface area (Å²) in [4.78, 5) is 39.2. The van der Waals surface area contributed by atoms with E-state index in [9.17, 15) is 19.5 Å². The molecule has 38 heavy (non-hydrogen) atoms. The van der Waals surface area contributed by atoms with Crippen LogP contribution in [-0.4, -0.2) is 67.3 Å². The molecule has 3 atom stereocenters. The lowest BCUT2D eigenvalue weighted by atomic mass is 10.0. The summed E-state index contributed by atoms with van der Waals surface area (Å²) in [7, 11) is 0. The standard InChI is InChI=1S/C28H37IN4O5/c1-18(2)25-28(37)32-23(17-34)26(35)31-13-5-7-20-6-3-4-8-24(20)38-15-14-30-22(27(36)33-25)16-19-9-11-21(29)12-10-19/h3-4,6,8-12,18,22-23,25,30,34H,5,7,13-17H2,1-2H3,(H,31,35)(H,32,37)(H,33,36)/t22-,23+,25-/m1/s1. The van der Waals surface area contributed by atoms with Gasteiger partial charge in [-0.3, -0.25) is 14.4 Å². The zero-order valence-electron chi connectivity index (χ0n) is 21.8. The van der Waals surface area contributed by atoms with Gasteiger partial charge < -0.3 is 31.1 Å². The minimum Gasteiger partial charge on any atom is -0.492 e.